The van der Waals surface area contributed by atoms with E-state index in [1.807, 2.05) is 38.1 Å². The molecule has 1 amide bonds. The van der Waals surface area contributed by atoms with Crippen molar-refractivity contribution in [1.29, 1.82) is 0 Å². The number of hydrogen-bond acceptors (Lipinski definition) is 4. The predicted octanol–water partition coefficient (Wildman–Crippen LogP) is 2.49. The number of piperidine rings is 1. The molecule has 0 aromatic heterocycles. The number of aliphatic carboxylic acids is 1. The Morgan fingerprint density at radius 1 is 1.36 bits per heavy atom. The van der Waals surface area contributed by atoms with Gasteiger partial charge < -0.3 is 19.5 Å². The van der Waals surface area contributed by atoms with Gasteiger partial charge in [0.2, 0.25) is 0 Å². The van der Waals surface area contributed by atoms with E-state index in [0.717, 1.165) is 5.56 Å². The van der Waals surface area contributed by atoms with Crippen molar-refractivity contribution in [3.05, 3.63) is 29.8 Å². The Bertz CT molecular complexity index is 614. The molecule has 0 aliphatic carbocycles. The molecule has 1 aromatic carbocycles. The third-order valence-electron chi connectivity index (χ3n) is 4.77. The van der Waals surface area contributed by atoms with Gasteiger partial charge in [0.15, 0.2) is 6.10 Å². The number of carboxylic acids is 1. The van der Waals surface area contributed by atoms with Crippen molar-refractivity contribution in [1.82, 2.24) is 4.90 Å². The highest BCUT2D eigenvalue weighted by Crippen LogP contribution is 2.31. The lowest BCUT2D eigenvalue weighted by Gasteiger charge is -2.40. The van der Waals surface area contributed by atoms with Crippen molar-refractivity contribution in [2.45, 2.75) is 39.2 Å². The molecule has 1 fully saturated rings. The van der Waals surface area contributed by atoms with Crippen LogP contribution in [0.5, 0.6) is 5.75 Å². The fourth-order valence-electron chi connectivity index (χ4n) is 3.30. The van der Waals surface area contributed by atoms with Crippen LogP contribution >= 0.6 is 0 Å². The van der Waals surface area contributed by atoms with Gasteiger partial charge in [-0.25, -0.2) is 0 Å². The fraction of sp³-hybridized carbons (Fsp3) is 0.579. The van der Waals surface area contributed by atoms with Crippen LogP contribution in [0.3, 0.4) is 0 Å². The molecular weight excluding hydrogens is 322 g/mol. The van der Waals surface area contributed by atoms with Gasteiger partial charge in [0.05, 0.1) is 6.61 Å². The zero-order valence-electron chi connectivity index (χ0n) is 15.2. The summed E-state index contributed by atoms with van der Waals surface area (Å²) in [5, 5.41) is 9.64. The molecule has 1 heterocycles. The van der Waals surface area contributed by atoms with Gasteiger partial charge in [0.25, 0.3) is 5.91 Å². The molecule has 25 heavy (non-hydrogen) atoms. The summed E-state index contributed by atoms with van der Waals surface area (Å²) in [5.41, 5.74) is -0.0736. The van der Waals surface area contributed by atoms with Crippen molar-refractivity contribution >= 4 is 11.9 Å². The summed E-state index contributed by atoms with van der Waals surface area (Å²) in [7, 11) is 1.49. The SMILES string of the molecule is CCC(Oc1ccccc1C)C(=O)N1CCCC(COC)(C(=O)O)C1. The maximum absolute atomic E-state index is 12.9. The second-order valence-corrected chi connectivity index (χ2v) is 6.66. The van der Waals surface area contributed by atoms with E-state index in [0.29, 0.717) is 31.6 Å². The highest BCUT2D eigenvalue weighted by atomic mass is 16.5. The Hall–Kier alpha value is -2.08. The number of carbonyl (C=O) groups excluding carboxylic acids is 1. The molecule has 1 aromatic rings. The molecule has 1 aliphatic rings. The molecule has 1 aliphatic heterocycles. The molecule has 1 N–H and O–H groups in total. The number of ether oxygens (including phenoxy) is 2. The summed E-state index contributed by atoms with van der Waals surface area (Å²) >= 11 is 0. The van der Waals surface area contributed by atoms with Crippen LogP contribution in [0.4, 0.5) is 0 Å². The summed E-state index contributed by atoms with van der Waals surface area (Å²) < 4.78 is 11.1. The molecular formula is C19H27NO5. The van der Waals surface area contributed by atoms with Crippen molar-refractivity contribution < 1.29 is 24.2 Å². The van der Waals surface area contributed by atoms with E-state index in [1.54, 1.807) is 4.90 Å². The average Bonchev–Trinajstić information content (AvgIpc) is 2.61. The Morgan fingerprint density at radius 3 is 2.68 bits per heavy atom. The lowest BCUT2D eigenvalue weighted by molar-refractivity contribution is -0.160. The summed E-state index contributed by atoms with van der Waals surface area (Å²) in [5.74, 6) is -0.395. The number of para-hydroxylation sites is 1. The molecule has 6 heteroatoms. The van der Waals surface area contributed by atoms with E-state index in [-0.39, 0.29) is 19.1 Å². The zero-order chi connectivity index (χ0) is 18.4. The molecule has 0 saturated carbocycles. The van der Waals surface area contributed by atoms with Crippen LogP contribution in [0.25, 0.3) is 0 Å². The van der Waals surface area contributed by atoms with Crippen molar-refractivity contribution in [2.24, 2.45) is 5.41 Å². The van der Waals surface area contributed by atoms with E-state index < -0.39 is 17.5 Å². The molecule has 2 atom stereocenters. The van der Waals surface area contributed by atoms with Gasteiger partial charge in [-0.1, -0.05) is 25.1 Å². The van der Waals surface area contributed by atoms with Crippen molar-refractivity contribution in [3.8, 4) is 5.75 Å². The minimum absolute atomic E-state index is 0.0988. The number of nitrogens with zero attached hydrogens (tertiary/aromatic N) is 1. The standard InChI is InChI=1S/C19H27NO5/c1-4-15(25-16-9-6-5-8-14(16)2)17(21)20-11-7-10-19(12-20,13-24-3)18(22)23/h5-6,8-9,15H,4,7,10-13H2,1-3H3,(H,22,23). The van der Waals surface area contributed by atoms with Gasteiger partial charge in [-0.15, -0.1) is 0 Å². The Morgan fingerprint density at radius 2 is 2.08 bits per heavy atom. The number of aryl methyl sites for hydroxylation is 1. The van der Waals surface area contributed by atoms with Crippen LogP contribution in [0.2, 0.25) is 0 Å². The van der Waals surface area contributed by atoms with E-state index >= 15 is 0 Å². The third-order valence-corrected chi connectivity index (χ3v) is 4.77. The first-order valence-corrected chi connectivity index (χ1v) is 8.67. The largest absolute Gasteiger partial charge is 0.481 e. The average molecular weight is 349 g/mol. The van der Waals surface area contributed by atoms with Crippen LogP contribution in [-0.2, 0) is 14.3 Å². The van der Waals surface area contributed by atoms with E-state index in [9.17, 15) is 14.7 Å². The van der Waals surface area contributed by atoms with Gasteiger partial charge in [-0.3, -0.25) is 9.59 Å². The summed E-state index contributed by atoms with van der Waals surface area (Å²) in [6.07, 6.45) is 1.05. The molecule has 1 saturated heterocycles. The number of benzene rings is 1. The van der Waals surface area contributed by atoms with E-state index in [1.165, 1.54) is 7.11 Å². The minimum atomic E-state index is -1.04. The van der Waals surface area contributed by atoms with Gasteiger partial charge >= 0.3 is 5.97 Å². The third kappa shape index (κ3) is 4.31. The molecule has 0 bridgehead atoms. The Kier molecular flexibility index (Phi) is 6.42. The molecule has 2 rings (SSSR count). The van der Waals surface area contributed by atoms with Crippen molar-refractivity contribution in [2.75, 3.05) is 26.8 Å². The highest BCUT2D eigenvalue weighted by Gasteiger charge is 2.44. The van der Waals surface area contributed by atoms with Crippen LogP contribution in [0.1, 0.15) is 31.7 Å². The van der Waals surface area contributed by atoms with Gasteiger partial charge in [-0.2, -0.15) is 0 Å². The second kappa shape index (κ2) is 8.34. The normalized spacial score (nSPS) is 21.6. The maximum Gasteiger partial charge on any atom is 0.313 e. The number of likely N-dealkylation sites (tertiary alicyclic amines) is 1. The number of carboxylic acid groups (broad SMARTS) is 1. The van der Waals surface area contributed by atoms with Crippen LogP contribution in [0, 0.1) is 12.3 Å². The number of carbonyl (C=O) groups is 2. The summed E-state index contributed by atoms with van der Waals surface area (Å²) in [6, 6.07) is 7.56. The number of hydrogen-bond donors (Lipinski definition) is 1. The second-order valence-electron chi connectivity index (χ2n) is 6.66. The first-order valence-electron chi connectivity index (χ1n) is 8.67. The lowest BCUT2D eigenvalue weighted by atomic mass is 9.80. The van der Waals surface area contributed by atoms with Crippen molar-refractivity contribution in [3.63, 3.8) is 0 Å². The van der Waals surface area contributed by atoms with Crippen LogP contribution in [0.15, 0.2) is 24.3 Å². The Labute approximate surface area is 148 Å². The summed E-state index contributed by atoms with van der Waals surface area (Å²) in [4.78, 5) is 26.3. The smallest absolute Gasteiger partial charge is 0.313 e. The molecule has 2 unspecified atom stereocenters. The minimum Gasteiger partial charge on any atom is -0.481 e. The quantitative estimate of drug-likeness (QED) is 0.818. The topological polar surface area (TPSA) is 76.1 Å². The lowest BCUT2D eigenvalue weighted by Crippen LogP contribution is -2.54. The predicted molar refractivity (Wildman–Crippen MR) is 93.6 cm³/mol. The van der Waals surface area contributed by atoms with Crippen LogP contribution in [-0.4, -0.2) is 54.8 Å². The van der Waals surface area contributed by atoms with E-state index in [4.69, 9.17) is 9.47 Å². The number of amides is 1. The van der Waals surface area contributed by atoms with Crippen LogP contribution < -0.4 is 4.74 Å². The maximum atomic E-state index is 12.9. The molecule has 0 radical (unpaired) electrons. The van der Waals surface area contributed by atoms with Gasteiger partial charge in [0.1, 0.15) is 11.2 Å². The first kappa shape index (κ1) is 19.2. The first-order chi connectivity index (χ1) is 11.9. The molecule has 0 spiro atoms. The molecule has 6 nitrogen and oxygen atoms in total. The monoisotopic (exact) mass is 349 g/mol. The van der Waals surface area contributed by atoms with Gasteiger partial charge in [0, 0.05) is 20.2 Å². The highest BCUT2D eigenvalue weighted by molar-refractivity contribution is 5.83. The number of methoxy groups -OCH3 is 1. The Balaban J connectivity index is 2.14. The fourth-order valence-corrected chi connectivity index (χ4v) is 3.30. The number of rotatable bonds is 7. The van der Waals surface area contributed by atoms with E-state index in [2.05, 4.69) is 0 Å². The zero-order valence-corrected chi connectivity index (χ0v) is 15.2. The summed E-state index contributed by atoms with van der Waals surface area (Å²) in [6.45, 7) is 4.63. The van der Waals surface area contributed by atoms with Gasteiger partial charge in [-0.05, 0) is 37.8 Å². The molecule has 138 valence electrons.